The number of likely N-dealkylation sites (tertiary alicyclic amines) is 1. The summed E-state index contributed by atoms with van der Waals surface area (Å²) in [4.78, 5) is 11.1. The van der Waals surface area contributed by atoms with Crippen molar-refractivity contribution in [1.29, 1.82) is 0 Å². The van der Waals surface area contributed by atoms with Crippen molar-refractivity contribution in [1.82, 2.24) is 15.2 Å². The molecule has 4 nitrogen and oxygen atoms in total. The molecule has 0 radical (unpaired) electrons. The Morgan fingerprint density at radius 1 is 1.33 bits per heavy atom. The minimum Gasteiger partial charge on any atom is -0.351 e. The molecule has 1 fully saturated rings. The number of nitrogens with one attached hydrogen (secondary N) is 1. The monoisotopic (exact) mass is 310 g/mol. The number of thiazole rings is 1. The van der Waals surface area contributed by atoms with Crippen LogP contribution in [0.3, 0.4) is 0 Å². The van der Waals surface area contributed by atoms with E-state index in [0.717, 1.165) is 32.0 Å². The fourth-order valence-corrected chi connectivity index (χ4v) is 3.98. The summed E-state index contributed by atoms with van der Waals surface area (Å²) >= 11 is 1.86. The first-order valence-electron chi connectivity index (χ1n) is 8.23. The average Bonchev–Trinajstić information content (AvgIpc) is 2.91. The average molecular weight is 311 g/mol. The molecule has 0 unspecified atom stereocenters. The van der Waals surface area contributed by atoms with E-state index in [4.69, 9.17) is 4.98 Å². The standard InChI is InChI=1S/C16H30N4S/c1-5-14-15(11-17-6-2)21-16(18-14)20(4)12-13-7-9-19(3)10-8-13/h13,17H,5-12H2,1-4H3. The van der Waals surface area contributed by atoms with Crippen LogP contribution in [0, 0.1) is 5.92 Å². The van der Waals surface area contributed by atoms with Gasteiger partial charge in [-0.1, -0.05) is 13.8 Å². The van der Waals surface area contributed by atoms with E-state index in [1.807, 2.05) is 11.3 Å². The van der Waals surface area contributed by atoms with Crippen molar-refractivity contribution in [3.8, 4) is 0 Å². The molecule has 1 aromatic rings. The summed E-state index contributed by atoms with van der Waals surface area (Å²) in [6, 6.07) is 0. The van der Waals surface area contributed by atoms with Crippen LogP contribution in [0.2, 0.25) is 0 Å². The second-order valence-corrected chi connectivity index (χ2v) is 7.19. The highest BCUT2D eigenvalue weighted by Gasteiger charge is 2.20. The molecule has 0 aromatic carbocycles. The van der Waals surface area contributed by atoms with Gasteiger partial charge in [0.05, 0.1) is 5.69 Å². The third kappa shape index (κ3) is 4.66. The summed E-state index contributed by atoms with van der Waals surface area (Å²) in [6.45, 7) is 9.95. The van der Waals surface area contributed by atoms with Gasteiger partial charge in [-0.25, -0.2) is 4.98 Å². The Morgan fingerprint density at radius 3 is 2.67 bits per heavy atom. The van der Waals surface area contributed by atoms with Gasteiger partial charge in [-0.15, -0.1) is 11.3 Å². The molecule has 1 aromatic heterocycles. The summed E-state index contributed by atoms with van der Waals surface area (Å²) in [6.07, 6.45) is 3.66. The Bertz CT molecular complexity index is 424. The van der Waals surface area contributed by atoms with Gasteiger partial charge in [-0.2, -0.15) is 0 Å². The molecule has 0 bridgehead atoms. The van der Waals surface area contributed by atoms with Crippen LogP contribution in [-0.4, -0.2) is 50.2 Å². The Balaban J connectivity index is 1.95. The van der Waals surface area contributed by atoms with Crippen LogP contribution in [-0.2, 0) is 13.0 Å². The highest BCUT2D eigenvalue weighted by atomic mass is 32.1. The number of rotatable bonds is 7. The Morgan fingerprint density at radius 2 is 2.05 bits per heavy atom. The first kappa shape index (κ1) is 16.7. The molecule has 2 rings (SSSR count). The predicted molar refractivity (Wildman–Crippen MR) is 92.4 cm³/mol. The highest BCUT2D eigenvalue weighted by molar-refractivity contribution is 7.15. The third-order valence-corrected chi connectivity index (χ3v) is 5.55. The molecular formula is C16H30N4S. The van der Waals surface area contributed by atoms with E-state index >= 15 is 0 Å². The van der Waals surface area contributed by atoms with Crippen molar-refractivity contribution in [3.63, 3.8) is 0 Å². The normalized spacial score (nSPS) is 17.3. The maximum absolute atomic E-state index is 4.86. The Kier molecular flexibility index (Phi) is 6.45. The minimum absolute atomic E-state index is 0.817. The molecule has 5 heteroatoms. The van der Waals surface area contributed by atoms with E-state index in [2.05, 4.69) is 43.1 Å². The highest BCUT2D eigenvalue weighted by Crippen LogP contribution is 2.28. The molecule has 1 aliphatic rings. The van der Waals surface area contributed by atoms with E-state index in [1.54, 1.807) is 0 Å². The molecule has 1 N–H and O–H groups in total. The van der Waals surface area contributed by atoms with E-state index in [9.17, 15) is 0 Å². The number of aryl methyl sites for hydroxylation is 1. The van der Waals surface area contributed by atoms with Crippen LogP contribution in [0.25, 0.3) is 0 Å². The van der Waals surface area contributed by atoms with Crippen LogP contribution in [0.5, 0.6) is 0 Å². The van der Waals surface area contributed by atoms with Crippen molar-refractivity contribution in [2.45, 2.75) is 39.7 Å². The molecule has 1 aliphatic heterocycles. The van der Waals surface area contributed by atoms with Crippen molar-refractivity contribution in [3.05, 3.63) is 10.6 Å². The lowest BCUT2D eigenvalue weighted by Crippen LogP contribution is -2.35. The van der Waals surface area contributed by atoms with E-state index in [-0.39, 0.29) is 0 Å². The summed E-state index contributed by atoms with van der Waals surface area (Å²) in [5.41, 5.74) is 1.27. The fraction of sp³-hybridized carbons (Fsp3) is 0.812. The molecular weight excluding hydrogens is 280 g/mol. The molecule has 0 amide bonds. The van der Waals surface area contributed by atoms with Crippen LogP contribution in [0.4, 0.5) is 5.13 Å². The van der Waals surface area contributed by atoms with E-state index in [1.165, 1.54) is 41.6 Å². The first-order chi connectivity index (χ1) is 10.1. The van der Waals surface area contributed by atoms with Gasteiger partial charge in [0.1, 0.15) is 0 Å². The summed E-state index contributed by atoms with van der Waals surface area (Å²) < 4.78 is 0. The zero-order chi connectivity index (χ0) is 15.2. The topological polar surface area (TPSA) is 31.4 Å². The molecule has 1 saturated heterocycles. The number of aromatic nitrogens is 1. The van der Waals surface area contributed by atoms with Crippen molar-refractivity contribution in [2.24, 2.45) is 5.92 Å². The molecule has 0 aliphatic carbocycles. The lowest BCUT2D eigenvalue weighted by Gasteiger charge is -2.31. The lowest BCUT2D eigenvalue weighted by atomic mass is 9.97. The van der Waals surface area contributed by atoms with Gasteiger partial charge in [0.25, 0.3) is 0 Å². The number of nitrogens with zero attached hydrogens (tertiary/aromatic N) is 3. The number of anilines is 1. The van der Waals surface area contributed by atoms with Crippen molar-refractivity contribution < 1.29 is 0 Å². The summed E-state index contributed by atoms with van der Waals surface area (Å²) in [5.74, 6) is 0.817. The Hall–Kier alpha value is -0.650. The predicted octanol–water partition coefficient (Wildman–Crippen LogP) is 2.59. The van der Waals surface area contributed by atoms with E-state index in [0.29, 0.717) is 0 Å². The van der Waals surface area contributed by atoms with Crippen LogP contribution < -0.4 is 10.2 Å². The zero-order valence-corrected chi connectivity index (χ0v) is 14.8. The van der Waals surface area contributed by atoms with Crippen molar-refractivity contribution >= 4 is 16.5 Å². The van der Waals surface area contributed by atoms with Gasteiger partial charge in [0.15, 0.2) is 5.13 Å². The number of hydrogen-bond acceptors (Lipinski definition) is 5. The quantitative estimate of drug-likeness (QED) is 0.839. The molecule has 120 valence electrons. The van der Waals surface area contributed by atoms with Gasteiger partial charge in [-0.3, -0.25) is 0 Å². The van der Waals surface area contributed by atoms with Gasteiger partial charge >= 0.3 is 0 Å². The van der Waals surface area contributed by atoms with Crippen LogP contribution in [0.15, 0.2) is 0 Å². The molecule has 0 spiro atoms. The minimum atomic E-state index is 0.817. The maximum atomic E-state index is 4.86. The first-order valence-corrected chi connectivity index (χ1v) is 9.04. The van der Waals surface area contributed by atoms with Gasteiger partial charge < -0.3 is 15.1 Å². The maximum Gasteiger partial charge on any atom is 0.185 e. The smallest absolute Gasteiger partial charge is 0.185 e. The molecule has 2 heterocycles. The van der Waals surface area contributed by atoms with Crippen molar-refractivity contribution in [2.75, 3.05) is 45.2 Å². The SMILES string of the molecule is CCNCc1sc(N(C)CC2CCN(C)CC2)nc1CC. The number of hydrogen-bond donors (Lipinski definition) is 1. The summed E-state index contributed by atoms with van der Waals surface area (Å²) in [5, 5.41) is 4.62. The van der Waals surface area contributed by atoms with Gasteiger partial charge in [-0.05, 0) is 51.9 Å². The molecule has 0 atom stereocenters. The van der Waals surface area contributed by atoms with Gasteiger partial charge in [0.2, 0.25) is 0 Å². The second kappa shape index (κ2) is 8.11. The largest absolute Gasteiger partial charge is 0.351 e. The van der Waals surface area contributed by atoms with Gasteiger partial charge in [0, 0.05) is 25.0 Å². The summed E-state index contributed by atoms with van der Waals surface area (Å²) in [7, 11) is 4.43. The number of piperidine rings is 1. The lowest BCUT2D eigenvalue weighted by molar-refractivity contribution is 0.222. The second-order valence-electron chi connectivity index (χ2n) is 6.13. The van der Waals surface area contributed by atoms with Crippen LogP contribution >= 0.6 is 11.3 Å². The fourth-order valence-electron chi connectivity index (χ4n) is 2.90. The third-order valence-electron chi connectivity index (χ3n) is 4.33. The zero-order valence-electron chi connectivity index (χ0n) is 14.0. The van der Waals surface area contributed by atoms with Crippen LogP contribution in [0.1, 0.15) is 37.3 Å². The van der Waals surface area contributed by atoms with E-state index < -0.39 is 0 Å². The molecule has 21 heavy (non-hydrogen) atoms. The molecule has 0 saturated carbocycles. The Labute approximate surface area is 133 Å².